The molecule has 0 amide bonds. The molecule has 5 nitrogen and oxygen atoms in total. The maximum atomic E-state index is 6.16. The molecule has 2 fully saturated rings. The summed E-state index contributed by atoms with van der Waals surface area (Å²) in [5, 5.41) is 7.28. The third-order valence-corrected chi connectivity index (χ3v) is 6.91. The summed E-state index contributed by atoms with van der Waals surface area (Å²) >= 11 is 0. The van der Waals surface area contributed by atoms with Crippen molar-refractivity contribution in [2.75, 3.05) is 26.7 Å². The van der Waals surface area contributed by atoms with Gasteiger partial charge >= 0.3 is 0 Å². The summed E-state index contributed by atoms with van der Waals surface area (Å²) in [6.45, 7) is 6.21. The normalized spacial score (nSPS) is 27.1. The molecule has 2 N–H and O–H groups in total. The van der Waals surface area contributed by atoms with Crippen LogP contribution in [0.3, 0.4) is 0 Å². The Morgan fingerprint density at radius 3 is 2.53 bits per heavy atom. The maximum absolute atomic E-state index is 6.16. The number of likely N-dealkylation sites (tertiary alicyclic amines) is 1. The SMILES string of the molecule is CN=C(NCC1CCCOC1c1ccccc1)NC1CCN(Cc2ccccc2)C(C)C1. The molecule has 2 aromatic rings. The Hall–Kier alpha value is -2.37. The molecule has 0 spiro atoms. The van der Waals surface area contributed by atoms with Crippen molar-refractivity contribution in [2.45, 2.75) is 57.3 Å². The lowest BCUT2D eigenvalue weighted by atomic mass is 9.89. The number of hydrogen-bond donors (Lipinski definition) is 2. The molecule has 4 rings (SSSR count). The van der Waals surface area contributed by atoms with E-state index < -0.39 is 0 Å². The molecule has 2 aromatic carbocycles. The number of rotatable bonds is 6. The second-order valence-corrected chi connectivity index (χ2v) is 9.23. The van der Waals surface area contributed by atoms with E-state index in [4.69, 9.17) is 4.74 Å². The van der Waals surface area contributed by atoms with Crippen LogP contribution in [0.5, 0.6) is 0 Å². The molecule has 0 saturated carbocycles. The van der Waals surface area contributed by atoms with Crippen LogP contribution in [0.2, 0.25) is 0 Å². The highest BCUT2D eigenvalue weighted by Crippen LogP contribution is 2.33. The quantitative estimate of drug-likeness (QED) is 0.524. The molecule has 172 valence electrons. The van der Waals surface area contributed by atoms with Gasteiger partial charge in [-0.25, -0.2) is 0 Å². The van der Waals surface area contributed by atoms with Crippen LogP contribution >= 0.6 is 0 Å². The first-order chi connectivity index (χ1) is 15.7. The zero-order valence-corrected chi connectivity index (χ0v) is 19.5. The van der Waals surface area contributed by atoms with E-state index in [0.29, 0.717) is 18.0 Å². The van der Waals surface area contributed by atoms with E-state index in [-0.39, 0.29) is 6.10 Å². The van der Waals surface area contributed by atoms with Gasteiger partial charge in [-0.15, -0.1) is 0 Å². The predicted molar refractivity (Wildman–Crippen MR) is 132 cm³/mol. The third-order valence-electron chi connectivity index (χ3n) is 6.91. The maximum Gasteiger partial charge on any atom is 0.191 e. The average molecular weight is 435 g/mol. The Morgan fingerprint density at radius 1 is 1.06 bits per heavy atom. The summed E-state index contributed by atoms with van der Waals surface area (Å²) < 4.78 is 6.16. The molecule has 0 bridgehead atoms. The molecule has 4 atom stereocenters. The molecule has 2 heterocycles. The van der Waals surface area contributed by atoms with E-state index >= 15 is 0 Å². The number of nitrogens with zero attached hydrogens (tertiary/aromatic N) is 2. The van der Waals surface area contributed by atoms with Gasteiger partial charge in [0.15, 0.2) is 5.96 Å². The van der Waals surface area contributed by atoms with Crippen LogP contribution < -0.4 is 10.6 Å². The van der Waals surface area contributed by atoms with Crippen LogP contribution in [0.25, 0.3) is 0 Å². The van der Waals surface area contributed by atoms with Crippen molar-refractivity contribution in [3.05, 3.63) is 71.8 Å². The molecule has 4 unspecified atom stereocenters. The van der Waals surface area contributed by atoms with Crippen LogP contribution in [0.4, 0.5) is 0 Å². The fraction of sp³-hybridized carbons (Fsp3) is 0.519. The largest absolute Gasteiger partial charge is 0.373 e. The highest BCUT2D eigenvalue weighted by molar-refractivity contribution is 5.80. The molecule has 2 aliphatic heterocycles. The molecule has 5 heteroatoms. The second-order valence-electron chi connectivity index (χ2n) is 9.23. The van der Waals surface area contributed by atoms with E-state index in [0.717, 1.165) is 51.5 Å². The Morgan fingerprint density at radius 2 is 1.81 bits per heavy atom. The van der Waals surface area contributed by atoms with Gasteiger partial charge in [0.25, 0.3) is 0 Å². The van der Waals surface area contributed by atoms with Crippen molar-refractivity contribution in [3.8, 4) is 0 Å². The smallest absolute Gasteiger partial charge is 0.191 e. The van der Waals surface area contributed by atoms with Crippen LogP contribution in [-0.2, 0) is 11.3 Å². The lowest BCUT2D eigenvalue weighted by Crippen LogP contribution is -2.52. The van der Waals surface area contributed by atoms with Crippen molar-refractivity contribution >= 4 is 5.96 Å². The standard InChI is InChI=1S/C27H38N4O/c1-21-18-25(15-16-31(21)20-22-10-5-3-6-11-22)30-27(28-2)29-19-24-14-9-17-32-26(24)23-12-7-4-8-13-23/h3-8,10-13,21,24-26H,9,14-20H2,1-2H3,(H2,28,29,30). The number of ether oxygens (including phenoxy) is 1. The monoisotopic (exact) mass is 434 g/mol. The fourth-order valence-electron chi connectivity index (χ4n) is 5.08. The van der Waals surface area contributed by atoms with E-state index in [9.17, 15) is 0 Å². The molecule has 0 aromatic heterocycles. The Bertz CT molecular complexity index is 841. The van der Waals surface area contributed by atoms with Gasteiger partial charge in [-0.1, -0.05) is 60.7 Å². The molecule has 2 saturated heterocycles. The third kappa shape index (κ3) is 6.11. The van der Waals surface area contributed by atoms with Gasteiger partial charge in [-0.3, -0.25) is 9.89 Å². The average Bonchev–Trinajstić information content (AvgIpc) is 2.85. The van der Waals surface area contributed by atoms with Crippen molar-refractivity contribution in [3.63, 3.8) is 0 Å². The van der Waals surface area contributed by atoms with Crippen LogP contribution in [0, 0.1) is 5.92 Å². The summed E-state index contributed by atoms with van der Waals surface area (Å²) in [6.07, 6.45) is 4.73. The first-order valence-corrected chi connectivity index (χ1v) is 12.1. The number of aliphatic imine (C=N–C) groups is 1. The Kier molecular flexibility index (Phi) is 8.18. The Labute approximate surface area is 193 Å². The topological polar surface area (TPSA) is 48.9 Å². The minimum Gasteiger partial charge on any atom is -0.373 e. The first kappa shape index (κ1) is 22.8. The van der Waals surface area contributed by atoms with Gasteiger partial charge in [-0.2, -0.15) is 0 Å². The molecule has 0 radical (unpaired) electrons. The van der Waals surface area contributed by atoms with E-state index in [1.165, 1.54) is 17.5 Å². The van der Waals surface area contributed by atoms with Gasteiger partial charge in [0.2, 0.25) is 0 Å². The number of hydrogen-bond acceptors (Lipinski definition) is 3. The van der Waals surface area contributed by atoms with Crippen molar-refractivity contribution in [1.29, 1.82) is 0 Å². The van der Waals surface area contributed by atoms with Gasteiger partial charge in [0.05, 0.1) is 6.10 Å². The highest BCUT2D eigenvalue weighted by atomic mass is 16.5. The fourth-order valence-corrected chi connectivity index (χ4v) is 5.08. The number of guanidine groups is 1. The van der Waals surface area contributed by atoms with Crippen molar-refractivity contribution in [2.24, 2.45) is 10.9 Å². The zero-order valence-electron chi connectivity index (χ0n) is 19.5. The summed E-state index contributed by atoms with van der Waals surface area (Å²) in [4.78, 5) is 7.11. The molecule has 32 heavy (non-hydrogen) atoms. The molecular formula is C27H38N4O. The number of nitrogens with one attached hydrogen (secondary N) is 2. The first-order valence-electron chi connectivity index (χ1n) is 12.1. The summed E-state index contributed by atoms with van der Waals surface area (Å²) in [5.41, 5.74) is 2.67. The Balaban J connectivity index is 1.27. The van der Waals surface area contributed by atoms with Crippen molar-refractivity contribution < 1.29 is 4.74 Å². The lowest BCUT2D eigenvalue weighted by Gasteiger charge is -2.38. The van der Waals surface area contributed by atoms with Gasteiger partial charge < -0.3 is 15.4 Å². The van der Waals surface area contributed by atoms with Crippen LogP contribution in [-0.4, -0.2) is 49.7 Å². The van der Waals surface area contributed by atoms with Crippen molar-refractivity contribution in [1.82, 2.24) is 15.5 Å². The molecular weight excluding hydrogens is 396 g/mol. The zero-order chi connectivity index (χ0) is 22.2. The lowest BCUT2D eigenvalue weighted by molar-refractivity contribution is -0.0265. The second kappa shape index (κ2) is 11.5. The van der Waals surface area contributed by atoms with E-state index in [1.807, 2.05) is 7.05 Å². The number of benzene rings is 2. The highest BCUT2D eigenvalue weighted by Gasteiger charge is 2.29. The summed E-state index contributed by atoms with van der Waals surface area (Å²) in [6, 6.07) is 22.4. The van der Waals surface area contributed by atoms with Gasteiger partial charge in [0, 0.05) is 51.3 Å². The van der Waals surface area contributed by atoms with Gasteiger partial charge in [-0.05, 0) is 43.7 Å². The number of piperidine rings is 1. The molecule has 2 aliphatic rings. The molecule has 0 aliphatic carbocycles. The minimum absolute atomic E-state index is 0.164. The van der Waals surface area contributed by atoms with E-state index in [1.54, 1.807) is 0 Å². The minimum atomic E-state index is 0.164. The van der Waals surface area contributed by atoms with E-state index in [2.05, 4.69) is 88.1 Å². The van der Waals surface area contributed by atoms with Gasteiger partial charge in [0.1, 0.15) is 0 Å². The van der Waals surface area contributed by atoms with Crippen LogP contribution in [0.15, 0.2) is 65.7 Å². The summed E-state index contributed by atoms with van der Waals surface area (Å²) in [7, 11) is 1.87. The summed E-state index contributed by atoms with van der Waals surface area (Å²) in [5.74, 6) is 1.37. The predicted octanol–water partition coefficient (Wildman–Crippen LogP) is 4.37. The van der Waals surface area contributed by atoms with Crippen LogP contribution in [0.1, 0.15) is 49.8 Å².